The number of carboxylic acids is 1. The minimum absolute atomic E-state index is 0.0581. The average Bonchev–Trinajstić information content (AvgIpc) is 3.33. The number of carbonyl (C=O) groups is 4. The number of halogens is 1. The molecule has 5 rings (SSSR count). The maximum Gasteiger partial charge on any atom is 0.303 e. The predicted octanol–water partition coefficient (Wildman–Crippen LogP) is 3.21. The van der Waals surface area contributed by atoms with Crippen molar-refractivity contribution in [3.05, 3.63) is 94.3 Å². The van der Waals surface area contributed by atoms with Crippen LogP contribution >= 0.6 is 0 Å². The Bertz CT molecular complexity index is 1520. The molecule has 10 nitrogen and oxygen atoms in total. The van der Waals surface area contributed by atoms with E-state index in [9.17, 15) is 23.6 Å². The number of aldehydes is 1. The largest absolute Gasteiger partial charge is 0.489 e. The summed E-state index contributed by atoms with van der Waals surface area (Å²) in [6.07, 6.45) is 0.306. The lowest BCUT2D eigenvalue weighted by Gasteiger charge is -2.36. The first-order valence-electron chi connectivity index (χ1n) is 14.1. The molecule has 2 amide bonds. The fourth-order valence-electron chi connectivity index (χ4n) is 5.58. The molecular weight excluding hydrogens is 555 g/mol. The van der Waals surface area contributed by atoms with E-state index < -0.39 is 17.9 Å². The number of carbonyl (C=O) groups excluding carboxylic acids is 3. The molecule has 0 radical (unpaired) electrons. The summed E-state index contributed by atoms with van der Waals surface area (Å²) < 4.78 is 20.5. The normalized spacial score (nSPS) is 15.7. The molecule has 1 fully saturated rings. The second-order valence-electron chi connectivity index (χ2n) is 10.8. The lowest BCUT2D eigenvalue weighted by molar-refractivity contribution is -0.137. The Hall–Kier alpha value is -4.77. The molecule has 3 N–H and O–H groups in total. The van der Waals surface area contributed by atoms with Gasteiger partial charge in [-0.15, -0.1) is 0 Å². The van der Waals surface area contributed by atoms with E-state index in [1.165, 1.54) is 11.0 Å². The molecule has 0 spiro atoms. The molecule has 0 aliphatic carbocycles. The lowest BCUT2D eigenvalue weighted by Crippen LogP contribution is -2.46. The number of ether oxygens (including phenoxy) is 1. The van der Waals surface area contributed by atoms with E-state index in [0.717, 1.165) is 30.8 Å². The van der Waals surface area contributed by atoms with E-state index in [1.54, 1.807) is 30.3 Å². The van der Waals surface area contributed by atoms with Crippen LogP contribution in [0, 0.1) is 5.82 Å². The summed E-state index contributed by atoms with van der Waals surface area (Å²) in [6.45, 7) is 4.07. The molecule has 0 saturated carbocycles. The third-order valence-electron chi connectivity index (χ3n) is 7.93. The molecule has 3 aromatic carbocycles. The van der Waals surface area contributed by atoms with Gasteiger partial charge in [0.05, 0.1) is 12.2 Å². The number of nitrogens with zero attached hydrogens (tertiary/aromatic N) is 3. The number of benzene rings is 3. The van der Waals surface area contributed by atoms with Crippen LogP contribution < -0.4 is 15.4 Å². The van der Waals surface area contributed by atoms with Gasteiger partial charge >= 0.3 is 5.97 Å². The topological polar surface area (TPSA) is 133 Å². The summed E-state index contributed by atoms with van der Waals surface area (Å²) in [6, 6.07) is 16.8. The Balaban J connectivity index is 1.15. The highest BCUT2D eigenvalue weighted by molar-refractivity contribution is 6.01. The van der Waals surface area contributed by atoms with Crippen molar-refractivity contribution < 1.29 is 33.4 Å². The van der Waals surface area contributed by atoms with Gasteiger partial charge in [-0.3, -0.25) is 24.1 Å². The zero-order chi connectivity index (χ0) is 30.5. The molecule has 224 valence electrons. The van der Waals surface area contributed by atoms with E-state index in [4.69, 9.17) is 15.6 Å². The van der Waals surface area contributed by atoms with Gasteiger partial charge in [0.1, 0.15) is 30.5 Å². The van der Waals surface area contributed by atoms with Crippen molar-refractivity contribution in [3.63, 3.8) is 0 Å². The van der Waals surface area contributed by atoms with Gasteiger partial charge in [-0.2, -0.15) is 0 Å². The molecule has 0 bridgehead atoms. The van der Waals surface area contributed by atoms with Gasteiger partial charge in [-0.05, 0) is 47.9 Å². The summed E-state index contributed by atoms with van der Waals surface area (Å²) in [4.78, 5) is 52.6. The van der Waals surface area contributed by atoms with Crippen LogP contribution in [0.25, 0.3) is 0 Å². The van der Waals surface area contributed by atoms with Crippen molar-refractivity contribution in [1.82, 2.24) is 9.80 Å². The van der Waals surface area contributed by atoms with Crippen molar-refractivity contribution in [2.75, 3.05) is 31.1 Å². The van der Waals surface area contributed by atoms with Crippen LogP contribution in [0.3, 0.4) is 0 Å². The molecule has 11 heteroatoms. The summed E-state index contributed by atoms with van der Waals surface area (Å²) >= 11 is 0. The minimum Gasteiger partial charge on any atom is -0.489 e. The highest BCUT2D eigenvalue weighted by Crippen LogP contribution is 2.33. The van der Waals surface area contributed by atoms with E-state index in [2.05, 4.69) is 4.90 Å². The van der Waals surface area contributed by atoms with Gasteiger partial charge in [0.25, 0.3) is 5.91 Å². The predicted molar refractivity (Wildman–Crippen MR) is 156 cm³/mol. The number of fused-ring (bicyclic) bond motifs is 1. The number of primary amides is 1. The number of aliphatic carboxylic acids is 1. The van der Waals surface area contributed by atoms with Gasteiger partial charge in [0, 0.05) is 55.8 Å². The van der Waals surface area contributed by atoms with Gasteiger partial charge in [0.15, 0.2) is 0 Å². The van der Waals surface area contributed by atoms with Crippen LogP contribution in [0.15, 0.2) is 60.7 Å². The van der Waals surface area contributed by atoms with E-state index in [-0.39, 0.29) is 37.7 Å². The lowest BCUT2D eigenvalue weighted by atomic mass is 10.1. The first kappa shape index (κ1) is 29.7. The monoisotopic (exact) mass is 588 g/mol. The summed E-state index contributed by atoms with van der Waals surface area (Å²) in [5, 5.41) is 9.02. The standard InChI is InChI=1S/C32H33FN4O6/c33-26-16-23(19-38)8-9-27(26)36-14-12-35(13-15-36)17-21-4-6-22(7-5-21)20-43-29-3-1-2-24-25(29)18-37(32(24)42)28(31(34)41)10-11-30(39)40/h1-9,16,19,28H,10-15,17-18,20H2,(H2,34,41)(H,39,40). The molecule has 2 aliphatic rings. The van der Waals surface area contributed by atoms with Crippen molar-refractivity contribution in [3.8, 4) is 5.75 Å². The van der Waals surface area contributed by atoms with Crippen molar-refractivity contribution in [2.24, 2.45) is 5.73 Å². The molecule has 0 aromatic heterocycles. The third-order valence-corrected chi connectivity index (χ3v) is 7.93. The van der Waals surface area contributed by atoms with Crippen LogP contribution in [-0.4, -0.2) is 71.2 Å². The van der Waals surface area contributed by atoms with E-state index in [1.807, 2.05) is 29.2 Å². The maximum atomic E-state index is 14.4. The zero-order valence-electron chi connectivity index (χ0n) is 23.6. The summed E-state index contributed by atoms with van der Waals surface area (Å²) in [5.41, 5.74) is 9.48. The average molecular weight is 589 g/mol. The van der Waals surface area contributed by atoms with Crippen LogP contribution in [0.5, 0.6) is 5.75 Å². The molecule has 2 aliphatic heterocycles. The number of anilines is 1. The fourth-order valence-corrected chi connectivity index (χ4v) is 5.58. The zero-order valence-corrected chi connectivity index (χ0v) is 23.6. The molecular formula is C32H33FN4O6. The Morgan fingerprint density at radius 1 is 1.02 bits per heavy atom. The van der Waals surface area contributed by atoms with Gasteiger partial charge in [-0.25, -0.2) is 4.39 Å². The minimum atomic E-state index is -1.07. The number of rotatable bonds is 12. The summed E-state index contributed by atoms with van der Waals surface area (Å²) in [7, 11) is 0. The second kappa shape index (κ2) is 13.0. The van der Waals surface area contributed by atoms with Crippen LogP contribution in [0.1, 0.15) is 50.2 Å². The van der Waals surface area contributed by atoms with Crippen molar-refractivity contribution >= 4 is 29.8 Å². The van der Waals surface area contributed by atoms with Gasteiger partial charge in [-0.1, -0.05) is 30.3 Å². The molecule has 1 atom stereocenters. The van der Waals surface area contributed by atoms with Crippen LogP contribution in [0.2, 0.25) is 0 Å². The van der Waals surface area contributed by atoms with E-state index >= 15 is 0 Å². The van der Waals surface area contributed by atoms with Gasteiger partial charge < -0.3 is 25.4 Å². The number of hydrogen-bond acceptors (Lipinski definition) is 7. The highest BCUT2D eigenvalue weighted by atomic mass is 19.1. The number of nitrogens with two attached hydrogens (primary N) is 1. The second-order valence-corrected chi connectivity index (χ2v) is 10.8. The molecule has 3 aromatic rings. The smallest absolute Gasteiger partial charge is 0.303 e. The Morgan fingerprint density at radius 3 is 2.40 bits per heavy atom. The van der Waals surface area contributed by atoms with Gasteiger partial charge in [0.2, 0.25) is 5.91 Å². The Labute approximate surface area is 248 Å². The SMILES string of the molecule is NC(=O)C(CCC(=O)O)N1Cc2c(OCc3ccc(CN4CCN(c5ccc(C=O)cc5F)CC4)cc3)cccc2C1=O. The number of hydrogen-bond donors (Lipinski definition) is 2. The Kier molecular flexibility index (Phi) is 9.01. The quantitative estimate of drug-likeness (QED) is 0.308. The van der Waals surface area contributed by atoms with Crippen molar-refractivity contribution in [1.29, 1.82) is 0 Å². The number of piperazine rings is 1. The molecule has 1 saturated heterocycles. The highest BCUT2D eigenvalue weighted by Gasteiger charge is 2.37. The van der Waals surface area contributed by atoms with Crippen LogP contribution in [-0.2, 0) is 29.3 Å². The van der Waals surface area contributed by atoms with Crippen molar-refractivity contribution in [2.45, 2.75) is 38.6 Å². The third kappa shape index (κ3) is 6.83. The molecule has 2 heterocycles. The maximum absolute atomic E-state index is 14.4. The number of carboxylic acid groups (broad SMARTS) is 1. The fraction of sp³-hybridized carbons (Fsp3) is 0.312. The van der Waals surface area contributed by atoms with E-state index in [0.29, 0.717) is 47.5 Å². The summed E-state index contributed by atoms with van der Waals surface area (Å²) in [5.74, 6) is -2.05. The Morgan fingerprint density at radius 2 is 1.74 bits per heavy atom. The first-order valence-corrected chi connectivity index (χ1v) is 14.1. The molecule has 43 heavy (non-hydrogen) atoms. The first-order chi connectivity index (χ1) is 20.7. The number of amides is 2. The molecule has 1 unspecified atom stereocenters. The van der Waals surface area contributed by atoms with Crippen LogP contribution in [0.4, 0.5) is 10.1 Å².